The molecule has 0 spiro atoms. The normalized spacial score (nSPS) is 11.4. The molecule has 0 aliphatic rings. The second kappa shape index (κ2) is 16.0. The minimum atomic E-state index is 1.09. The summed E-state index contributed by atoms with van der Waals surface area (Å²) in [7, 11) is 0. The van der Waals surface area contributed by atoms with Gasteiger partial charge in [-0.3, -0.25) is 0 Å². The van der Waals surface area contributed by atoms with Gasteiger partial charge in [-0.1, -0.05) is 206 Å². The average Bonchev–Trinajstić information content (AvgIpc) is 3.76. The summed E-state index contributed by atoms with van der Waals surface area (Å²) in [6.45, 7) is 0. The van der Waals surface area contributed by atoms with E-state index in [0.29, 0.717) is 0 Å². The highest BCUT2D eigenvalue weighted by molar-refractivity contribution is 7.25. The first-order valence-electron chi connectivity index (χ1n) is 21.9. The lowest BCUT2D eigenvalue weighted by Gasteiger charge is -2.28. The maximum atomic E-state index is 2.43. The van der Waals surface area contributed by atoms with E-state index in [2.05, 4.69) is 254 Å². The van der Waals surface area contributed by atoms with Crippen LogP contribution in [0.15, 0.2) is 249 Å². The summed E-state index contributed by atoms with van der Waals surface area (Å²) in [5.74, 6) is 0. The quantitative estimate of drug-likeness (QED) is 0.147. The molecule has 1 aromatic heterocycles. The summed E-state index contributed by atoms with van der Waals surface area (Å²) in [6, 6.07) is 90.9. The summed E-state index contributed by atoms with van der Waals surface area (Å²) in [6.07, 6.45) is 0. The van der Waals surface area contributed by atoms with Crippen molar-refractivity contribution in [1.29, 1.82) is 0 Å². The third-order valence-corrected chi connectivity index (χ3v) is 13.8. The van der Waals surface area contributed by atoms with Gasteiger partial charge in [0.15, 0.2) is 0 Å². The van der Waals surface area contributed by atoms with Gasteiger partial charge in [0.1, 0.15) is 0 Å². The number of fused-ring (bicyclic) bond motifs is 5. The molecule has 0 bridgehead atoms. The smallest absolute Gasteiger partial charge is 0.0540 e. The molecule has 11 aromatic carbocycles. The largest absolute Gasteiger partial charge is 0.310 e. The Morgan fingerprint density at radius 2 is 0.719 bits per heavy atom. The van der Waals surface area contributed by atoms with Gasteiger partial charge in [-0.05, 0) is 114 Å². The van der Waals surface area contributed by atoms with Crippen LogP contribution in [0.3, 0.4) is 0 Å². The van der Waals surface area contributed by atoms with Crippen molar-refractivity contribution < 1.29 is 0 Å². The molecule has 0 fully saturated rings. The lowest BCUT2D eigenvalue weighted by molar-refractivity contribution is 1.28. The second-order valence-corrected chi connectivity index (χ2v) is 17.5. The Balaban J connectivity index is 0.956. The summed E-state index contributed by atoms with van der Waals surface area (Å²) in [5.41, 5.74) is 15.4. The first kappa shape index (κ1) is 37.7. The van der Waals surface area contributed by atoms with Crippen LogP contribution < -0.4 is 4.90 Å². The highest BCUT2D eigenvalue weighted by Crippen LogP contribution is 2.47. The van der Waals surface area contributed by atoms with Gasteiger partial charge in [0.25, 0.3) is 0 Å². The van der Waals surface area contributed by atoms with Crippen molar-refractivity contribution in [3.05, 3.63) is 249 Å². The van der Waals surface area contributed by atoms with E-state index in [9.17, 15) is 0 Å². The highest BCUT2D eigenvalue weighted by atomic mass is 32.1. The van der Waals surface area contributed by atoms with E-state index in [-0.39, 0.29) is 0 Å². The molecule has 0 aliphatic carbocycles. The SMILES string of the molecule is c1cc(-c2ccc(-c3cccc4ccccc34)cc2)cc(N(c2ccc(-c3ccc(-c4cccc5ccccc45)cc3)cc2)c2ccccc2-c2cccc3sc4ccccc4c23)c1. The van der Waals surface area contributed by atoms with Gasteiger partial charge < -0.3 is 4.90 Å². The minimum absolute atomic E-state index is 1.09. The van der Waals surface area contributed by atoms with Crippen molar-refractivity contribution >= 4 is 70.1 Å². The second-order valence-electron chi connectivity index (χ2n) is 16.4. The first-order valence-corrected chi connectivity index (χ1v) is 22.7. The first-order chi connectivity index (χ1) is 31.7. The maximum absolute atomic E-state index is 2.43. The molecular formula is C62H41NS. The van der Waals surface area contributed by atoms with E-state index in [1.807, 2.05) is 11.3 Å². The van der Waals surface area contributed by atoms with Crippen LogP contribution in [0, 0.1) is 0 Å². The van der Waals surface area contributed by atoms with Crippen molar-refractivity contribution in [3.8, 4) is 55.6 Å². The molecule has 0 N–H and O–H groups in total. The number of hydrogen-bond acceptors (Lipinski definition) is 2. The predicted molar refractivity (Wildman–Crippen MR) is 276 cm³/mol. The van der Waals surface area contributed by atoms with Gasteiger partial charge in [0.05, 0.1) is 5.69 Å². The number of thiophene rings is 1. The Hall–Kier alpha value is -8.04. The zero-order valence-electron chi connectivity index (χ0n) is 35.0. The summed E-state index contributed by atoms with van der Waals surface area (Å²) < 4.78 is 2.60. The van der Waals surface area contributed by atoms with E-state index in [4.69, 9.17) is 0 Å². The van der Waals surface area contributed by atoms with Gasteiger partial charge in [0.2, 0.25) is 0 Å². The molecule has 0 radical (unpaired) electrons. The summed E-state index contributed by atoms with van der Waals surface area (Å²) in [5, 5.41) is 7.65. The van der Waals surface area contributed by atoms with Gasteiger partial charge in [-0.25, -0.2) is 0 Å². The molecular weight excluding hydrogens is 791 g/mol. The molecule has 0 saturated heterocycles. The van der Waals surface area contributed by atoms with Gasteiger partial charge in [-0.15, -0.1) is 11.3 Å². The van der Waals surface area contributed by atoms with Gasteiger partial charge in [0, 0.05) is 37.1 Å². The van der Waals surface area contributed by atoms with Crippen LogP contribution in [0.4, 0.5) is 17.1 Å². The van der Waals surface area contributed by atoms with Crippen LogP contribution in [0.25, 0.3) is 97.4 Å². The van der Waals surface area contributed by atoms with Crippen molar-refractivity contribution in [2.75, 3.05) is 4.90 Å². The Kier molecular flexibility index (Phi) is 9.43. The van der Waals surface area contributed by atoms with E-state index < -0.39 is 0 Å². The van der Waals surface area contributed by atoms with E-state index >= 15 is 0 Å². The molecule has 0 aliphatic heterocycles. The number of anilines is 3. The third-order valence-electron chi connectivity index (χ3n) is 12.7. The molecule has 64 heavy (non-hydrogen) atoms. The van der Waals surface area contributed by atoms with Crippen LogP contribution in [-0.2, 0) is 0 Å². The van der Waals surface area contributed by atoms with Gasteiger partial charge in [-0.2, -0.15) is 0 Å². The lowest BCUT2D eigenvalue weighted by atomic mass is 9.95. The Labute approximate surface area is 377 Å². The number of rotatable bonds is 8. The van der Waals surface area contributed by atoms with Crippen molar-refractivity contribution in [2.24, 2.45) is 0 Å². The third kappa shape index (κ3) is 6.73. The van der Waals surface area contributed by atoms with Crippen LogP contribution in [0.1, 0.15) is 0 Å². The van der Waals surface area contributed by atoms with E-state index in [0.717, 1.165) is 17.1 Å². The number of nitrogens with zero attached hydrogens (tertiary/aromatic N) is 1. The van der Waals surface area contributed by atoms with Gasteiger partial charge >= 0.3 is 0 Å². The van der Waals surface area contributed by atoms with Crippen molar-refractivity contribution in [1.82, 2.24) is 0 Å². The summed E-state index contributed by atoms with van der Waals surface area (Å²) >= 11 is 1.86. The monoisotopic (exact) mass is 831 g/mol. The van der Waals surface area contributed by atoms with Crippen LogP contribution in [0.5, 0.6) is 0 Å². The fourth-order valence-corrected chi connectivity index (χ4v) is 10.7. The van der Waals surface area contributed by atoms with Crippen molar-refractivity contribution in [3.63, 3.8) is 0 Å². The van der Waals surface area contributed by atoms with Crippen LogP contribution in [-0.4, -0.2) is 0 Å². The van der Waals surface area contributed by atoms with Crippen molar-refractivity contribution in [2.45, 2.75) is 0 Å². The molecule has 1 heterocycles. The zero-order chi connectivity index (χ0) is 42.4. The molecule has 12 aromatic rings. The molecule has 300 valence electrons. The maximum Gasteiger partial charge on any atom is 0.0540 e. The molecule has 0 atom stereocenters. The summed E-state index contributed by atoms with van der Waals surface area (Å²) in [4.78, 5) is 2.43. The van der Waals surface area contributed by atoms with Crippen LogP contribution >= 0.6 is 11.3 Å². The number of hydrogen-bond donors (Lipinski definition) is 0. The molecule has 0 amide bonds. The van der Waals surface area contributed by atoms with E-state index in [1.54, 1.807) is 0 Å². The predicted octanol–water partition coefficient (Wildman–Crippen LogP) is 18.2. The fourth-order valence-electron chi connectivity index (χ4n) is 9.59. The topological polar surface area (TPSA) is 3.24 Å². The molecule has 0 saturated carbocycles. The highest BCUT2D eigenvalue weighted by Gasteiger charge is 2.20. The zero-order valence-corrected chi connectivity index (χ0v) is 35.8. The molecule has 2 heteroatoms. The molecule has 0 unspecified atom stereocenters. The number of para-hydroxylation sites is 1. The fraction of sp³-hybridized carbons (Fsp3) is 0. The standard InChI is InChI=1S/C62H41NS/c1-3-19-52-45(13-1)15-10-23-54(52)47-33-29-42(30-34-47)43-37-39-50(40-38-43)63(59-26-7-5-21-56(59)57-25-12-28-61-62(57)58-22-6-8-27-60(58)64-61)51-18-9-17-49(41-51)44-31-35-48(36-32-44)55-24-11-16-46-14-2-4-20-53(46)55/h1-41H. The lowest BCUT2D eigenvalue weighted by Crippen LogP contribution is -2.11. The van der Waals surface area contributed by atoms with Crippen LogP contribution in [0.2, 0.25) is 0 Å². The Morgan fingerprint density at radius 1 is 0.266 bits per heavy atom. The minimum Gasteiger partial charge on any atom is -0.310 e. The Bertz CT molecular complexity index is 3640. The molecule has 1 nitrogen and oxygen atoms in total. The number of benzene rings is 11. The average molecular weight is 832 g/mol. The Morgan fingerprint density at radius 3 is 1.39 bits per heavy atom. The van der Waals surface area contributed by atoms with E-state index in [1.165, 1.54) is 97.4 Å². The molecule has 12 rings (SSSR count).